The fraction of sp³-hybridized carbons (Fsp3) is 0.357. The maximum atomic E-state index is 4.22. The molecule has 0 saturated carbocycles. The van der Waals surface area contributed by atoms with Crippen LogP contribution in [0.25, 0.3) is 5.65 Å². The van der Waals surface area contributed by atoms with Crippen molar-refractivity contribution < 1.29 is 0 Å². The first kappa shape index (κ1) is 12.8. The van der Waals surface area contributed by atoms with E-state index in [1.54, 1.807) is 0 Å². The number of hydrogen-bond donors (Lipinski definition) is 1. The number of nitrogens with zero attached hydrogens (tertiary/aromatic N) is 5. The number of nitrogens with one attached hydrogen (secondary N) is 1. The fourth-order valence-electron chi connectivity index (χ4n) is 2.26. The molecule has 0 saturated heterocycles. The molecule has 0 aliphatic heterocycles. The van der Waals surface area contributed by atoms with Gasteiger partial charge in [0.15, 0.2) is 5.65 Å². The molecule has 0 radical (unpaired) electrons. The van der Waals surface area contributed by atoms with Gasteiger partial charge in [-0.25, -0.2) is 4.98 Å². The van der Waals surface area contributed by atoms with Crippen molar-refractivity contribution >= 4 is 5.65 Å². The Kier molecular flexibility index (Phi) is 3.73. The molecule has 3 aromatic rings. The van der Waals surface area contributed by atoms with E-state index in [0.717, 1.165) is 37.5 Å². The van der Waals surface area contributed by atoms with E-state index in [-0.39, 0.29) is 0 Å². The van der Waals surface area contributed by atoms with Gasteiger partial charge in [0.25, 0.3) is 0 Å². The minimum atomic E-state index is 0.824. The maximum absolute atomic E-state index is 4.22. The van der Waals surface area contributed by atoms with Crippen LogP contribution >= 0.6 is 0 Å². The fourth-order valence-corrected chi connectivity index (χ4v) is 2.26. The molecule has 0 amide bonds. The molecule has 20 heavy (non-hydrogen) atoms. The van der Waals surface area contributed by atoms with Gasteiger partial charge in [0.2, 0.25) is 0 Å². The van der Waals surface area contributed by atoms with E-state index in [2.05, 4.69) is 32.0 Å². The minimum absolute atomic E-state index is 0.824. The number of aromatic nitrogens is 5. The van der Waals surface area contributed by atoms with Crippen molar-refractivity contribution in [3.63, 3.8) is 0 Å². The van der Waals surface area contributed by atoms with Crippen LogP contribution in [-0.4, -0.2) is 30.7 Å². The quantitative estimate of drug-likeness (QED) is 0.685. The average Bonchev–Trinajstić information content (AvgIpc) is 3.10. The van der Waals surface area contributed by atoms with Gasteiger partial charge in [-0.3, -0.25) is 4.40 Å². The lowest BCUT2D eigenvalue weighted by atomic mass is 10.3. The van der Waals surface area contributed by atoms with Gasteiger partial charge in [-0.15, -0.1) is 10.2 Å². The molecule has 0 atom stereocenters. The molecule has 0 unspecified atom stereocenters. The van der Waals surface area contributed by atoms with Gasteiger partial charge in [0, 0.05) is 38.4 Å². The summed E-state index contributed by atoms with van der Waals surface area (Å²) in [6.07, 6.45) is 6.62. The van der Waals surface area contributed by atoms with Crippen LogP contribution in [-0.2, 0) is 19.5 Å². The Labute approximate surface area is 117 Å². The van der Waals surface area contributed by atoms with Crippen molar-refractivity contribution in [2.75, 3.05) is 6.54 Å². The molecule has 0 fully saturated rings. The predicted molar refractivity (Wildman–Crippen MR) is 76.3 cm³/mol. The van der Waals surface area contributed by atoms with Gasteiger partial charge in [-0.1, -0.05) is 6.07 Å². The van der Waals surface area contributed by atoms with Crippen LogP contribution < -0.4 is 5.32 Å². The molecule has 0 aliphatic carbocycles. The topological polar surface area (TPSA) is 60.0 Å². The monoisotopic (exact) mass is 270 g/mol. The molecule has 0 aliphatic rings. The zero-order valence-electron chi connectivity index (χ0n) is 11.5. The summed E-state index contributed by atoms with van der Waals surface area (Å²) in [6, 6.07) is 5.93. The lowest BCUT2D eigenvalue weighted by molar-refractivity contribution is 0.619. The molecule has 0 bridgehead atoms. The van der Waals surface area contributed by atoms with E-state index >= 15 is 0 Å². The van der Waals surface area contributed by atoms with Gasteiger partial charge in [0.1, 0.15) is 5.82 Å². The minimum Gasteiger partial charge on any atom is -0.334 e. The number of hydrogen-bond acceptors (Lipinski definition) is 4. The number of imidazole rings is 1. The van der Waals surface area contributed by atoms with Crippen LogP contribution in [0.4, 0.5) is 0 Å². The van der Waals surface area contributed by atoms with E-state index in [4.69, 9.17) is 0 Å². The zero-order chi connectivity index (χ0) is 13.8. The largest absolute Gasteiger partial charge is 0.334 e. The molecule has 1 N–H and O–H groups in total. The highest BCUT2D eigenvalue weighted by molar-refractivity contribution is 5.36. The summed E-state index contributed by atoms with van der Waals surface area (Å²) in [5.74, 6) is 0.983. The smallest absolute Gasteiger partial charge is 0.160 e. The highest BCUT2D eigenvalue weighted by atomic mass is 15.2. The third-order valence-electron chi connectivity index (χ3n) is 3.36. The Morgan fingerprint density at radius 3 is 3.10 bits per heavy atom. The van der Waals surface area contributed by atoms with E-state index < -0.39 is 0 Å². The van der Waals surface area contributed by atoms with Crippen molar-refractivity contribution in [1.82, 2.24) is 29.5 Å². The first-order valence-corrected chi connectivity index (χ1v) is 6.87. The van der Waals surface area contributed by atoms with Crippen LogP contribution in [0.3, 0.4) is 0 Å². The van der Waals surface area contributed by atoms with Crippen molar-refractivity contribution in [3.8, 4) is 0 Å². The average molecular weight is 270 g/mol. The van der Waals surface area contributed by atoms with E-state index in [1.165, 1.54) is 5.69 Å². The molecule has 6 heteroatoms. The van der Waals surface area contributed by atoms with Crippen molar-refractivity contribution in [3.05, 3.63) is 48.4 Å². The Morgan fingerprint density at radius 1 is 1.25 bits per heavy atom. The summed E-state index contributed by atoms with van der Waals surface area (Å²) in [4.78, 5) is 4.16. The summed E-state index contributed by atoms with van der Waals surface area (Å²) >= 11 is 0. The maximum Gasteiger partial charge on any atom is 0.160 e. The van der Waals surface area contributed by atoms with Crippen LogP contribution in [0.5, 0.6) is 0 Å². The van der Waals surface area contributed by atoms with Gasteiger partial charge in [0.05, 0.1) is 12.0 Å². The molecule has 0 aromatic carbocycles. The van der Waals surface area contributed by atoms with Crippen LogP contribution in [0.1, 0.15) is 18.4 Å². The summed E-state index contributed by atoms with van der Waals surface area (Å²) in [5, 5.41) is 11.8. The molecule has 3 heterocycles. The zero-order valence-corrected chi connectivity index (χ0v) is 11.5. The highest BCUT2D eigenvalue weighted by Crippen LogP contribution is 2.03. The van der Waals surface area contributed by atoms with E-state index in [0.29, 0.717) is 0 Å². The second kappa shape index (κ2) is 5.83. The molecule has 3 rings (SSSR count). The Morgan fingerprint density at radius 2 is 2.20 bits per heavy atom. The Bertz CT molecular complexity index is 684. The lowest BCUT2D eigenvalue weighted by Gasteiger charge is -2.06. The molecule has 104 valence electrons. The summed E-state index contributed by atoms with van der Waals surface area (Å²) in [6.45, 7) is 4.76. The molecule has 0 spiro atoms. The number of rotatable bonds is 6. The van der Waals surface area contributed by atoms with Crippen molar-refractivity contribution in [1.29, 1.82) is 0 Å². The number of pyridine rings is 1. The van der Waals surface area contributed by atoms with Crippen molar-refractivity contribution in [2.45, 2.75) is 26.4 Å². The van der Waals surface area contributed by atoms with Crippen LogP contribution in [0.15, 0.2) is 36.9 Å². The third-order valence-corrected chi connectivity index (χ3v) is 3.36. The normalized spacial score (nSPS) is 11.2. The molecular weight excluding hydrogens is 252 g/mol. The highest BCUT2D eigenvalue weighted by Gasteiger charge is 2.04. The number of fused-ring (bicyclic) bond motifs is 1. The molecule has 6 nitrogen and oxygen atoms in total. The van der Waals surface area contributed by atoms with E-state index in [1.807, 2.05) is 41.3 Å². The van der Waals surface area contributed by atoms with Gasteiger partial charge in [-0.2, -0.15) is 0 Å². The Hall–Kier alpha value is -2.21. The van der Waals surface area contributed by atoms with Crippen LogP contribution in [0, 0.1) is 0 Å². The molecule has 3 aromatic heterocycles. The van der Waals surface area contributed by atoms with Gasteiger partial charge < -0.3 is 9.88 Å². The van der Waals surface area contributed by atoms with Gasteiger partial charge >= 0.3 is 0 Å². The summed E-state index contributed by atoms with van der Waals surface area (Å²) in [7, 11) is 0. The SMILES string of the molecule is CCn1cncc1CNCCc1nnc2ccccn12. The first-order chi connectivity index (χ1) is 9.88. The van der Waals surface area contributed by atoms with Gasteiger partial charge in [-0.05, 0) is 19.1 Å². The van der Waals surface area contributed by atoms with Crippen molar-refractivity contribution in [2.24, 2.45) is 0 Å². The lowest BCUT2D eigenvalue weighted by Crippen LogP contribution is -2.19. The molecular formula is C14H18N6. The third kappa shape index (κ3) is 2.55. The standard InChI is InChI=1S/C14H18N6/c1-2-19-11-16-10-12(19)9-15-7-6-14-18-17-13-5-3-4-8-20(13)14/h3-5,8,10-11,15H,2,6-7,9H2,1H3. The summed E-state index contributed by atoms with van der Waals surface area (Å²) in [5.41, 5.74) is 2.10. The summed E-state index contributed by atoms with van der Waals surface area (Å²) < 4.78 is 4.16. The van der Waals surface area contributed by atoms with E-state index in [9.17, 15) is 0 Å². The van der Waals surface area contributed by atoms with Crippen LogP contribution in [0.2, 0.25) is 0 Å². The number of aryl methyl sites for hydroxylation is 1. The second-order valence-corrected chi connectivity index (χ2v) is 4.64. The Balaban J connectivity index is 1.55. The predicted octanol–water partition coefficient (Wildman–Crippen LogP) is 1.28. The second-order valence-electron chi connectivity index (χ2n) is 4.64. The first-order valence-electron chi connectivity index (χ1n) is 6.87.